The van der Waals surface area contributed by atoms with Crippen molar-refractivity contribution in [2.75, 3.05) is 33.0 Å². The van der Waals surface area contributed by atoms with Crippen LogP contribution in [0, 0.1) is 0 Å². The summed E-state index contributed by atoms with van der Waals surface area (Å²) in [5, 5.41) is 71.9. The standard InChI is InChI=1S/C46H80O14/c1-3-5-7-9-11-13-15-17-18-20-22-24-26-28-30-55-32-35(58-38(48)29-27-25-23-21-19-16-14-12-10-8-6-4-2)33-56-45-44(54)42(52)40(50)37(60-45)34-57-46-43(53)41(51)39(49)36(31-47)59-46/h5,7,11-14,17-18,35-37,39-47,49-54H,3-4,6,8-10,15-16,19-34H2,1-2H3/b7-5-,13-11-,14-12-,18-17-. The molecule has 2 aliphatic heterocycles. The first-order chi connectivity index (χ1) is 29.1. The van der Waals surface area contributed by atoms with Crippen LogP contribution >= 0.6 is 0 Å². The smallest absolute Gasteiger partial charge is 0.306 e. The molecule has 11 atom stereocenters. The van der Waals surface area contributed by atoms with Crippen molar-refractivity contribution in [3.63, 3.8) is 0 Å². The molecule has 0 amide bonds. The molecule has 348 valence electrons. The summed E-state index contributed by atoms with van der Waals surface area (Å²) in [4.78, 5) is 12.9. The van der Waals surface area contributed by atoms with E-state index in [4.69, 9.17) is 28.4 Å². The average molecular weight is 857 g/mol. The van der Waals surface area contributed by atoms with Gasteiger partial charge in [-0.25, -0.2) is 0 Å². The third kappa shape index (κ3) is 22.9. The minimum atomic E-state index is -1.71. The van der Waals surface area contributed by atoms with Crippen LogP contribution in [-0.2, 0) is 33.2 Å². The van der Waals surface area contributed by atoms with Crippen LogP contribution < -0.4 is 0 Å². The summed E-state index contributed by atoms with van der Waals surface area (Å²) in [7, 11) is 0. The van der Waals surface area contributed by atoms with Crippen LogP contribution in [0.4, 0.5) is 0 Å². The van der Waals surface area contributed by atoms with Crippen LogP contribution in [-0.4, -0.2) is 142 Å². The zero-order valence-electron chi connectivity index (χ0n) is 36.4. The molecule has 0 aliphatic carbocycles. The summed E-state index contributed by atoms with van der Waals surface area (Å²) in [6.07, 6.45) is 20.4. The number of ether oxygens (including phenoxy) is 6. The Kier molecular flexibility index (Phi) is 31.0. The van der Waals surface area contributed by atoms with Crippen molar-refractivity contribution in [1.29, 1.82) is 0 Å². The largest absolute Gasteiger partial charge is 0.457 e. The van der Waals surface area contributed by atoms with Crippen molar-refractivity contribution >= 4 is 5.97 Å². The second-order valence-electron chi connectivity index (χ2n) is 15.8. The van der Waals surface area contributed by atoms with Gasteiger partial charge in [0.2, 0.25) is 0 Å². The van der Waals surface area contributed by atoms with Crippen molar-refractivity contribution in [1.82, 2.24) is 0 Å². The van der Waals surface area contributed by atoms with Gasteiger partial charge in [-0.05, 0) is 70.6 Å². The average Bonchev–Trinajstić information content (AvgIpc) is 3.24. The Morgan fingerprint density at radius 3 is 1.72 bits per heavy atom. The number of carbonyl (C=O) groups excluding carboxylic acids is 1. The molecule has 11 unspecified atom stereocenters. The van der Waals surface area contributed by atoms with Crippen LogP contribution in [0.5, 0.6) is 0 Å². The molecule has 2 aliphatic rings. The number of allylic oxidation sites excluding steroid dienone is 8. The Morgan fingerprint density at radius 1 is 0.567 bits per heavy atom. The molecule has 0 radical (unpaired) electrons. The molecule has 0 aromatic heterocycles. The highest BCUT2D eigenvalue weighted by Gasteiger charge is 2.47. The fourth-order valence-electron chi connectivity index (χ4n) is 6.82. The molecule has 0 spiro atoms. The number of aliphatic hydroxyl groups excluding tert-OH is 7. The zero-order chi connectivity index (χ0) is 43.8. The molecule has 2 fully saturated rings. The third-order valence-electron chi connectivity index (χ3n) is 10.6. The van der Waals surface area contributed by atoms with Crippen molar-refractivity contribution in [3.05, 3.63) is 48.6 Å². The highest BCUT2D eigenvalue weighted by atomic mass is 16.7. The molecular weight excluding hydrogens is 776 g/mol. The van der Waals surface area contributed by atoms with Crippen molar-refractivity contribution < 1.29 is 69.0 Å². The van der Waals surface area contributed by atoms with Gasteiger partial charge in [0.15, 0.2) is 12.6 Å². The molecular formula is C46H80O14. The predicted octanol–water partition coefficient (Wildman–Crippen LogP) is 5.23. The van der Waals surface area contributed by atoms with Crippen LogP contribution in [0.2, 0.25) is 0 Å². The summed E-state index contributed by atoms with van der Waals surface area (Å²) >= 11 is 0. The van der Waals surface area contributed by atoms with Crippen molar-refractivity contribution in [2.24, 2.45) is 0 Å². The maximum absolute atomic E-state index is 12.9. The normalized spacial score (nSPS) is 28.1. The maximum atomic E-state index is 12.9. The zero-order valence-corrected chi connectivity index (χ0v) is 36.4. The molecule has 2 saturated heterocycles. The molecule has 60 heavy (non-hydrogen) atoms. The van der Waals surface area contributed by atoms with Gasteiger partial charge in [0.05, 0.1) is 26.4 Å². The quantitative estimate of drug-likeness (QED) is 0.0251. The topological polar surface area (TPSA) is 214 Å². The monoisotopic (exact) mass is 857 g/mol. The molecule has 7 N–H and O–H groups in total. The lowest BCUT2D eigenvalue weighted by Gasteiger charge is -2.42. The van der Waals surface area contributed by atoms with Gasteiger partial charge in [-0.1, -0.05) is 107 Å². The van der Waals surface area contributed by atoms with E-state index in [2.05, 4.69) is 62.5 Å². The summed E-state index contributed by atoms with van der Waals surface area (Å²) in [5.74, 6) is -0.398. The number of aliphatic hydroxyl groups is 7. The van der Waals surface area contributed by atoms with Crippen molar-refractivity contribution in [3.8, 4) is 0 Å². The van der Waals surface area contributed by atoms with Gasteiger partial charge in [-0.15, -0.1) is 0 Å². The number of carbonyl (C=O) groups is 1. The fraction of sp³-hybridized carbons (Fsp3) is 0.804. The second-order valence-corrected chi connectivity index (χ2v) is 15.8. The van der Waals surface area contributed by atoms with Gasteiger partial charge in [-0.3, -0.25) is 4.79 Å². The summed E-state index contributed by atoms with van der Waals surface area (Å²) in [6, 6.07) is 0. The van der Waals surface area contributed by atoms with E-state index in [1.54, 1.807) is 0 Å². The number of hydrogen-bond donors (Lipinski definition) is 7. The van der Waals surface area contributed by atoms with E-state index in [0.717, 1.165) is 89.9 Å². The highest BCUT2D eigenvalue weighted by Crippen LogP contribution is 2.26. The second kappa shape index (κ2) is 34.4. The molecule has 2 heterocycles. The van der Waals surface area contributed by atoms with Crippen LogP contribution in [0.1, 0.15) is 136 Å². The molecule has 0 aromatic rings. The van der Waals surface area contributed by atoms with Gasteiger partial charge < -0.3 is 64.2 Å². The van der Waals surface area contributed by atoms with E-state index in [1.807, 2.05) is 0 Å². The Balaban J connectivity index is 1.83. The SMILES string of the molecule is CC/C=C\C/C=C\C/C=C\CCCCCCOCC(COC1OC(COC2OC(CO)C(O)C(O)C2O)C(O)C(O)C1O)OC(=O)CCCCCCC/C=C\CCCCC. The van der Waals surface area contributed by atoms with Gasteiger partial charge >= 0.3 is 5.97 Å². The van der Waals surface area contributed by atoms with E-state index in [9.17, 15) is 40.5 Å². The minimum absolute atomic E-state index is 0.0415. The first-order valence-electron chi connectivity index (χ1n) is 22.7. The Labute approximate surface area is 359 Å². The van der Waals surface area contributed by atoms with E-state index in [-0.39, 0.29) is 19.6 Å². The van der Waals surface area contributed by atoms with Crippen molar-refractivity contribution in [2.45, 2.75) is 203 Å². The summed E-state index contributed by atoms with van der Waals surface area (Å²) in [5.41, 5.74) is 0. The lowest BCUT2D eigenvalue weighted by Crippen LogP contribution is -2.61. The number of rotatable bonds is 34. The minimum Gasteiger partial charge on any atom is -0.457 e. The first kappa shape index (κ1) is 54.1. The van der Waals surface area contributed by atoms with Gasteiger partial charge in [0.25, 0.3) is 0 Å². The molecule has 14 heteroatoms. The van der Waals surface area contributed by atoms with Gasteiger partial charge in [0, 0.05) is 13.0 Å². The first-order valence-corrected chi connectivity index (χ1v) is 22.7. The van der Waals surface area contributed by atoms with Gasteiger partial charge in [0.1, 0.15) is 54.9 Å². The Bertz CT molecular complexity index is 1180. The van der Waals surface area contributed by atoms with Crippen LogP contribution in [0.25, 0.3) is 0 Å². The van der Waals surface area contributed by atoms with Gasteiger partial charge in [-0.2, -0.15) is 0 Å². The Hall–Kier alpha value is -2.05. The number of esters is 1. The molecule has 14 nitrogen and oxygen atoms in total. The van der Waals surface area contributed by atoms with E-state index >= 15 is 0 Å². The van der Waals surface area contributed by atoms with E-state index in [0.29, 0.717) is 13.0 Å². The van der Waals surface area contributed by atoms with Crippen LogP contribution in [0.3, 0.4) is 0 Å². The molecule has 2 rings (SSSR count). The molecule has 0 aromatic carbocycles. The highest BCUT2D eigenvalue weighted by molar-refractivity contribution is 5.69. The van der Waals surface area contributed by atoms with E-state index < -0.39 is 86.7 Å². The molecule has 0 saturated carbocycles. The lowest BCUT2D eigenvalue weighted by atomic mass is 9.98. The number of unbranched alkanes of at least 4 members (excludes halogenated alkanes) is 12. The number of hydrogen-bond acceptors (Lipinski definition) is 14. The third-order valence-corrected chi connectivity index (χ3v) is 10.6. The van der Waals surface area contributed by atoms with Crippen LogP contribution in [0.15, 0.2) is 48.6 Å². The summed E-state index contributed by atoms with van der Waals surface area (Å²) in [6.45, 7) is 3.45. The predicted molar refractivity (Wildman–Crippen MR) is 229 cm³/mol. The van der Waals surface area contributed by atoms with E-state index in [1.165, 1.54) is 19.3 Å². The molecule has 0 bridgehead atoms. The fourth-order valence-corrected chi connectivity index (χ4v) is 6.82. The lowest BCUT2D eigenvalue weighted by molar-refractivity contribution is -0.332. The maximum Gasteiger partial charge on any atom is 0.306 e. The summed E-state index contributed by atoms with van der Waals surface area (Å²) < 4.78 is 34.1. The Morgan fingerprint density at radius 2 is 1.08 bits per heavy atom.